The molecule has 0 amide bonds. The molecule has 0 aliphatic carbocycles. The molecule has 78 heavy (non-hydrogen) atoms. The summed E-state index contributed by atoms with van der Waals surface area (Å²) in [6, 6.07) is 49.1. The van der Waals surface area contributed by atoms with E-state index in [4.69, 9.17) is 33.2 Å². The Hall–Kier alpha value is -8.42. The van der Waals surface area contributed by atoms with Crippen molar-refractivity contribution in [1.82, 2.24) is 0 Å². The van der Waals surface area contributed by atoms with E-state index in [1.807, 2.05) is 125 Å². The summed E-state index contributed by atoms with van der Waals surface area (Å²) < 4.78 is 45.6. The molecular weight excluding hydrogens is 965 g/mol. The average Bonchev–Trinajstić information content (AvgIpc) is 3.37. The summed E-state index contributed by atoms with van der Waals surface area (Å²) in [7, 11) is 0. The summed E-state index contributed by atoms with van der Waals surface area (Å²) in [6.07, 6.45) is 0. The minimum absolute atomic E-state index is 0.314. The average molecular weight is 1040 g/mol. The van der Waals surface area contributed by atoms with Crippen molar-refractivity contribution in [2.75, 3.05) is 0 Å². The highest BCUT2D eigenvalue weighted by atomic mass is 16.5. The van der Waals surface area contributed by atoms with Crippen LogP contribution in [0, 0.1) is 96.9 Å². The molecule has 0 N–H and O–H groups in total. The topological polar surface area (TPSA) is 64.6 Å². The summed E-state index contributed by atoms with van der Waals surface area (Å²) in [6.45, 7) is 33.6. The standard InChI is InChI=1S/C71H72O7/c1-41-27-55(28-42(2)64(41)74-59-35-49(9)68(50(10)36-59)76-61-31-45(5)66(46(6)32-61)72-57-23-19-17-20-24-57)71(15,16)56-29-43(3)65(44(4)30-56)75-60-37-51(11)69(52(12)38-60)78-63-39-53(13)70(54(14)40-63)77-62-33-47(7)67(48(8)34-62)73-58-25-21-18-22-26-58/h17-40H,1-16H3. The summed E-state index contributed by atoms with van der Waals surface area (Å²) in [5.41, 5.74) is 16.3. The first-order valence-electron chi connectivity index (χ1n) is 26.8. The normalized spacial score (nSPS) is 11.3. The maximum absolute atomic E-state index is 6.73. The zero-order valence-corrected chi connectivity index (χ0v) is 48.2. The van der Waals surface area contributed by atoms with Crippen LogP contribution in [0.1, 0.15) is 103 Å². The lowest BCUT2D eigenvalue weighted by molar-refractivity contribution is 0.450. The van der Waals surface area contributed by atoms with Crippen LogP contribution in [0.5, 0.6) is 80.5 Å². The first kappa shape index (κ1) is 54.4. The maximum atomic E-state index is 6.73. The van der Waals surface area contributed by atoms with Gasteiger partial charge in [-0.2, -0.15) is 0 Å². The highest BCUT2D eigenvalue weighted by Crippen LogP contribution is 2.44. The molecule has 7 nitrogen and oxygen atoms in total. The predicted octanol–water partition coefficient (Wildman–Crippen LogP) is 20.9. The fourth-order valence-corrected chi connectivity index (χ4v) is 10.6. The van der Waals surface area contributed by atoms with Crippen molar-refractivity contribution in [3.05, 3.63) is 235 Å². The van der Waals surface area contributed by atoms with Crippen LogP contribution in [0.15, 0.2) is 146 Å². The van der Waals surface area contributed by atoms with Crippen molar-refractivity contribution in [2.45, 2.75) is 116 Å². The van der Waals surface area contributed by atoms with Gasteiger partial charge in [-0.3, -0.25) is 0 Å². The van der Waals surface area contributed by atoms with Gasteiger partial charge >= 0.3 is 0 Å². The molecule has 0 atom stereocenters. The molecule has 9 aromatic rings. The molecule has 0 aromatic heterocycles. The summed E-state index contributed by atoms with van der Waals surface area (Å²) in [4.78, 5) is 0. The van der Waals surface area contributed by atoms with Gasteiger partial charge in [0.15, 0.2) is 0 Å². The summed E-state index contributed by atoms with van der Waals surface area (Å²) in [5, 5.41) is 0. The van der Waals surface area contributed by atoms with Gasteiger partial charge in [-0.05, 0) is 271 Å². The van der Waals surface area contributed by atoms with E-state index in [-0.39, 0.29) is 5.41 Å². The molecule has 0 saturated carbocycles. The molecule has 0 radical (unpaired) electrons. The second kappa shape index (κ2) is 22.3. The van der Waals surface area contributed by atoms with Crippen LogP contribution < -0.4 is 33.2 Å². The molecule has 0 saturated heterocycles. The molecular formula is C71H72O7. The molecule has 0 aliphatic rings. The Bertz CT molecular complexity index is 3560. The molecule has 7 heteroatoms. The third-order valence-electron chi connectivity index (χ3n) is 14.6. The lowest BCUT2D eigenvalue weighted by atomic mass is 9.76. The molecule has 9 rings (SSSR count). The maximum Gasteiger partial charge on any atom is 0.133 e. The molecule has 0 unspecified atom stereocenters. The highest BCUT2D eigenvalue weighted by molar-refractivity contribution is 5.58. The van der Waals surface area contributed by atoms with Gasteiger partial charge in [0.25, 0.3) is 0 Å². The number of benzene rings is 9. The van der Waals surface area contributed by atoms with E-state index in [9.17, 15) is 0 Å². The van der Waals surface area contributed by atoms with Crippen molar-refractivity contribution < 1.29 is 33.2 Å². The predicted molar refractivity (Wildman–Crippen MR) is 317 cm³/mol. The third kappa shape index (κ3) is 11.8. The van der Waals surface area contributed by atoms with Crippen molar-refractivity contribution in [1.29, 1.82) is 0 Å². The zero-order chi connectivity index (χ0) is 55.7. The Morgan fingerprint density at radius 1 is 0.205 bits per heavy atom. The number of para-hydroxylation sites is 2. The van der Waals surface area contributed by atoms with Gasteiger partial charge in [-0.15, -0.1) is 0 Å². The van der Waals surface area contributed by atoms with Crippen LogP contribution in [0.4, 0.5) is 0 Å². The lowest BCUT2D eigenvalue weighted by Gasteiger charge is -2.29. The molecule has 0 heterocycles. The van der Waals surface area contributed by atoms with Crippen LogP contribution in [-0.2, 0) is 5.41 Å². The van der Waals surface area contributed by atoms with Crippen LogP contribution in [0.25, 0.3) is 0 Å². The molecule has 0 aliphatic heterocycles. The van der Waals surface area contributed by atoms with Gasteiger partial charge in [-0.25, -0.2) is 0 Å². The van der Waals surface area contributed by atoms with Crippen molar-refractivity contribution in [3.63, 3.8) is 0 Å². The Morgan fingerprint density at radius 2 is 0.359 bits per heavy atom. The molecule has 0 spiro atoms. The number of rotatable bonds is 16. The summed E-state index contributed by atoms with van der Waals surface area (Å²) >= 11 is 0. The summed E-state index contributed by atoms with van der Waals surface area (Å²) in [5.74, 6) is 11.2. The van der Waals surface area contributed by atoms with Crippen LogP contribution in [0.2, 0.25) is 0 Å². The molecule has 0 bridgehead atoms. The van der Waals surface area contributed by atoms with E-state index >= 15 is 0 Å². The van der Waals surface area contributed by atoms with Crippen molar-refractivity contribution in [3.8, 4) is 80.5 Å². The minimum Gasteiger partial charge on any atom is -0.457 e. The van der Waals surface area contributed by atoms with Gasteiger partial charge in [0.1, 0.15) is 80.5 Å². The van der Waals surface area contributed by atoms with Gasteiger partial charge < -0.3 is 33.2 Å². The fourth-order valence-electron chi connectivity index (χ4n) is 10.6. The largest absolute Gasteiger partial charge is 0.457 e. The second-order valence-corrected chi connectivity index (χ2v) is 21.8. The number of aryl methyl sites for hydroxylation is 14. The van der Waals surface area contributed by atoms with Crippen molar-refractivity contribution >= 4 is 0 Å². The Kier molecular flexibility index (Phi) is 15.5. The van der Waals surface area contributed by atoms with E-state index < -0.39 is 0 Å². The quantitative estimate of drug-likeness (QED) is 0.0955. The third-order valence-corrected chi connectivity index (χ3v) is 14.6. The van der Waals surface area contributed by atoms with E-state index in [0.717, 1.165) is 158 Å². The van der Waals surface area contributed by atoms with Gasteiger partial charge in [-0.1, -0.05) is 74.5 Å². The molecule has 398 valence electrons. The molecule has 9 aromatic carbocycles. The SMILES string of the molecule is Cc1cc(Oc2c(C)cc(Oc3c(C)cc(Oc4c(C)cc(C(C)(C)c5cc(C)c(Oc6cc(C)c(Oc7cc(C)c(Oc8ccccc8)c(C)c7)c(C)c6)c(C)c5)cc4C)cc3C)cc2C)cc(C)c1Oc1ccccc1. The van der Waals surface area contributed by atoms with Crippen LogP contribution in [-0.4, -0.2) is 0 Å². The fraction of sp³-hybridized carbons (Fsp3) is 0.239. The monoisotopic (exact) mass is 1040 g/mol. The lowest BCUT2D eigenvalue weighted by Crippen LogP contribution is -2.20. The van der Waals surface area contributed by atoms with E-state index in [1.165, 1.54) is 11.1 Å². The van der Waals surface area contributed by atoms with E-state index in [1.54, 1.807) is 0 Å². The number of hydrogen-bond donors (Lipinski definition) is 0. The highest BCUT2D eigenvalue weighted by Gasteiger charge is 2.27. The smallest absolute Gasteiger partial charge is 0.133 e. The molecule has 0 fully saturated rings. The van der Waals surface area contributed by atoms with E-state index in [0.29, 0.717) is 0 Å². The Labute approximate surface area is 462 Å². The number of hydrogen-bond acceptors (Lipinski definition) is 7. The first-order chi connectivity index (χ1) is 37.1. The van der Waals surface area contributed by atoms with Crippen LogP contribution in [0.3, 0.4) is 0 Å². The second-order valence-electron chi connectivity index (χ2n) is 21.8. The van der Waals surface area contributed by atoms with Crippen LogP contribution >= 0.6 is 0 Å². The van der Waals surface area contributed by atoms with E-state index in [2.05, 4.69) is 132 Å². The number of ether oxygens (including phenoxy) is 7. The Balaban J connectivity index is 0.860. The van der Waals surface area contributed by atoms with Crippen molar-refractivity contribution in [2.24, 2.45) is 0 Å². The Morgan fingerprint density at radius 3 is 0.538 bits per heavy atom. The zero-order valence-electron chi connectivity index (χ0n) is 48.2. The first-order valence-corrected chi connectivity index (χ1v) is 26.8. The van der Waals surface area contributed by atoms with Gasteiger partial charge in [0.05, 0.1) is 0 Å². The van der Waals surface area contributed by atoms with Gasteiger partial charge in [0.2, 0.25) is 0 Å². The van der Waals surface area contributed by atoms with Gasteiger partial charge in [0, 0.05) is 5.41 Å². The minimum atomic E-state index is -0.314.